The highest BCUT2D eigenvalue weighted by Gasteiger charge is 2.21. The van der Waals surface area contributed by atoms with E-state index in [1.54, 1.807) is 21.3 Å². The second kappa shape index (κ2) is 7.84. The molecule has 2 atom stereocenters. The molecule has 0 saturated carbocycles. The number of ether oxygens (including phenoxy) is 3. The summed E-state index contributed by atoms with van der Waals surface area (Å²) in [6.45, 7) is 1.89. The van der Waals surface area contributed by atoms with E-state index in [4.69, 9.17) is 19.9 Å². The molecule has 18 heavy (non-hydrogen) atoms. The Hall–Kier alpha value is -0.490. The highest BCUT2D eigenvalue weighted by atomic mass is 79.9. The molecule has 0 aromatic heterocycles. The van der Waals surface area contributed by atoms with E-state index in [0.29, 0.717) is 0 Å². The first-order chi connectivity index (χ1) is 8.04. The van der Waals surface area contributed by atoms with Gasteiger partial charge in [0.15, 0.2) is 0 Å². The van der Waals surface area contributed by atoms with Gasteiger partial charge in [-0.2, -0.15) is 0 Å². The van der Waals surface area contributed by atoms with Gasteiger partial charge < -0.3 is 19.9 Å². The van der Waals surface area contributed by atoms with Crippen LogP contribution in [0.4, 0.5) is 0 Å². The van der Waals surface area contributed by atoms with Crippen molar-refractivity contribution in [3.63, 3.8) is 0 Å². The lowest BCUT2D eigenvalue weighted by Crippen LogP contribution is -2.26. The molecule has 0 amide bonds. The standard InChI is InChI=1S/C12H18BrNO3.ClH/c1-7(14)12(17-4)8-5-11(16-3)9(13)6-10(8)15-2;/h5-7,12H,14H2,1-4H3;1H/t7-,12-;/m0./s1. The molecule has 0 spiro atoms. The van der Waals surface area contributed by atoms with Crippen molar-refractivity contribution >= 4 is 28.3 Å². The van der Waals surface area contributed by atoms with Crippen molar-refractivity contribution in [1.29, 1.82) is 0 Å². The normalized spacial score (nSPS) is 13.4. The van der Waals surface area contributed by atoms with Crippen molar-refractivity contribution in [3.05, 3.63) is 22.2 Å². The number of rotatable bonds is 5. The van der Waals surface area contributed by atoms with Gasteiger partial charge >= 0.3 is 0 Å². The molecule has 0 saturated heterocycles. The second-order valence-electron chi connectivity index (χ2n) is 3.74. The van der Waals surface area contributed by atoms with Gasteiger partial charge in [0.1, 0.15) is 17.6 Å². The molecule has 0 aliphatic carbocycles. The van der Waals surface area contributed by atoms with Crippen molar-refractivity contribution in [3.8, 4) is 11.5 Å². The first-order valence-corrected chi connectivity index (χ1v) is 6.04. The Kier molecular flexibility index (Phi) is 7.62. The summed E-state index contributed by atoms with van der Waals surface area (Å²) in [5.74, 6) is 1.45. The third kappa shape index (κ3) is 3.75. The number of hydrogen-bond donors (Lipinski definition) is 1. The Bertz CT molecular complexity index is 388. The molecule has 104 valence electrons. The van der Waals surface area contributed by atoms with E-state index in [-0.39, 0.29) is 24.6 Å². The minimum absolute atomic E-state index is 0. The summed E-state index contributed by atoms with van der Waals surface area (Å²) < 4.78 is 16.8. The van der Waals surface area contributed by atoms with Crippen molar-refractivity contribution in [1.82, 2.24) is 0 Å². The van der Waals surface area contributed by atoms with Crippen molar-refractivity contribution in [2.75, 3.05) is 21.3 Å². The topological polar surface area (TPSA) is 53.7 Å². The maximum Gasteiger partial charge on any atom is 0.133 e. The van der Waals surface area contributed by atoms with Gasteiger partial charge in [0.25, 0.3) is 0 Å². The van der Waals surface area contributed by atoms with E-state index >= 15 is 0 Å². The lowest BCUT2D eigenvalue weighted by molar-refractivity contribution is 0.0828. The summed E-state index contributed by atoms with van der Waals surface area (Å²) in [6.07, 6.45) is -0.230. The summed E-state index contributed by atoms with van der Waals surface area (Å²) >= 11 is 3.41. The predicted octanol–water partition coefficient (Wildman–Crippen LogP) is 2.92. The smallest absolute Gasteiger partial charge is 0.133 e. The average molecular weight is 341 g/mol. The number of halogens is 2. The Morgan fingerprint density at radius 2 is 1.67 bits per heavy atom. The van der Waals surface area contributed by atoms with Gasteiger partial charge in [0.05, 0.1) is 18.7 Å². The van der Waals surface area contributed by atoms with E-state index in [2.05, 4.69) is 15.9 Å². The van der Waals surface area contributed by atoms with Crippen molar-refractivity contribution < 1.29 is 14.2 Å². The van der Waals surface area contributed by atoms with Crippen molar-refractivity contribution in [2.24, 2.45) is 5.73 Å². The minimum Gasteiger partial charge on any atom is -0.496 e. The van der Waals surface area contributed by atoms with Crippen LogP contribution < -0.4 is 15.2 Å². The summed E-state index contributed by atoms with van der Waals surface area (Å²) in [7, 11) is 4.86. The van der Waals surface area contributed by atoms with Gasteiger partial charge in [0.2, 0.25) is 0 Å². The van der Waals surface area contributed by atoms with Gasteiger partial charge in [-0.15, -0.1) is 12.4 Å². The molecular weight excluding hydrogens is 321 g/mol. The van der Waals surface area contributed by atoms with Gasteiger partial charge in [0, 0.05) is 18.7 Å². The molecule has 1 rings (SSSR count). The van der Waals surface area contributed by atoms with Crippen LogP contribution in [0.25, 0.3) is 0 Å². The molecule has 4 nitrogen and oxygen atoms in total. The molecular formula is C12H19BrClNO3. The Morgan fingerprint density at radius 3 is 2.06 bits per heavy atom. The Morgan fingerprint density at radius 1 is 1.11 bits per heavy atom. The van der Waals surface area contributed by atoms with Gasteiger partial charge in [-0.25, -0.2) is 0 Å². The monoisotopic (exact) mass is 339 g/mol. The summed E-state index contributed by atoms with van der Waals surface area (Å²) in [5.41, 5.74) is 6.78. The molecule has 0 fully saturated rings. The van der Waals surface area contributed by atoms with Crippen LogP contribution in [0.2, 0.25) is 0 Å². The maximum absolute atomic E-state index is 5.90. The van der Waals surface area contributed by atoms with Gasteiger partial charge in [-0.1, -0.05) is 0 Å². The molecule has 0 heterocycles. The molecule has 1 aromatic carbocycles. The van der Waals surface area contributed by atoms with Gasteiger partial charge in [-0.05, 0) is 35.0 Å². The molecule has 1 aromatic rings. The Balaban J connectivity index is 0.00000289. The number of benzene rings is 1. The van der Waals surface area contributed by atoms with Crippen LogP contribution in [-0.4, -0.2) is 27.4 Å². The maximum atomic E-state index is 5.90. The number of hydrogen-bond acceptors (Lipinski definition) is 4. The Labute approximate surface area is 122 Å². The van der Waals surface area contributed by atoms with Crippen LogP contribution >= 0.6 is 28.3 Å². The largest absolute Gasteiger partial charge is 0.496 e. The fourth-order valence-corrected chi connectivity index (χ4v) is 2.22. The third-order valence-corrected chi connectivity index (χ3v) is 3.16. The number of methoxy groups -OCH3 is 3. The van der Waals surface area contributed by atoms with Crippen LogP contribution in [0.15, 0.2) is 16.6 Å². The minimum atomic E-state index is -0.230. The van der Waals surface area contributed by atoms with Crippen LogP contribution in [0, 0.1) is 0 Å². The quantitative estimate of drug-likeness (QED) is 0.895. The van der Waals surface area contributed by atoms with Gasteiger partial charge in [-0.3, -0.25) is 0 Å². The van der Waals surface area contributed by atoms with E-state index in [1.807, 2.05) is 19.1 Å². The molecule has 2 N–H and O–H groups in total. The first-order valence-electron chi connectivity index (χ1n) is 5.25. The molecule has 0 radical (unpaired) electrons. The molecule has 0 aliphatic heterocycles. The van der Waals surface area contributed by atoms with E-state index in [0.717, 1.165) is 21.5 Å². The lowest BCUT2D eigenvalue weighted by Gasteiger charge is -2.22. The van der Waals surface area contributed by atoms with Crippen LogP contribution in [0.3, 0.4) is 0 Å². The van der Waals surface area contributed by atoms with E-state index < -0.39 is 0 Å². The summed E-state index contributed by atoms with van der Waals surface area (Å²) in [6, 6.07) is 3.59. The van der Waals surface area contributed by atoms with Crippen LogP contribution in [0.1, 0.15) is 18.6 Å². The fourth-order valence-electron chi connectivity index (χ4n) is 1.73. The molecule has 0 aliphatic rings. The highest BCUT2D eigenvalue weighted by molar-refractivity contribution is 9.10. The lowest BCUT2D eigenvalue weighted by atomic mass is 10.0. The zero-order chi connectivity index (χ0) is 13.0. The van der Waals surface area contributed by atoms with Crippen molar-refractivity contribution in [2.45, 2.75) is 19.1 Å². The molecule has 6 heteroatoms. The summed E-state index contributed by atoms with van der Waals surface area (Å²) in [4.78, 5) is 0. The summed E-state index contributed by atoms with van der Waals surface area (Å²) in [5, 5.41) is 0. The number of nitrogens with two attached hydrogens (primary N) is 1. The van der Waals surface area contributed by atoms with Crippen LogP contribution in [-0.2, 0) is 4.74 Å². The highest BCUT2D eigenvalue weighted by Crippen LogP contribution is 2.37. The molecule has 0 unspecified atom stereocenters. The fraction of sp³-hybridized carbons (Fsp3) is 0.500. The molecule has 0 bridgehead atoms. The average Bonchev–Trinajstić information content (AvgIpc) is 2.30. The predicted molar refractivity (Wildman–Crippen MR) is 77.9 cm³/mol. The third-order valence-electron chi connectivity index (χ3n) is 2.54. The van der Waals surface area contributed by atoms with E-state index in [9.17, 15) is 0 Å². The SMILES string of the molecule is COc1cc([C@@H](OC)[C@H](C)N)c(OC)cc1Br.Cl. The zero-order valence-corrected chi connectivity index (χ0v) is 13.3. The van der Waals surface area contributed by atoms with Crippen LogP contribution in [0.5, 0.6) is 11.5 Å². The zero-order valence-electron chi connectivity index (χ0n) is 10.9. The second-order valence-corrected chi connectivity index (χ2v) is 4.60. The first kappa shape index (κ1) is 17.5. The van der Waals surface area contributed by atoms with E-state index in [1.165, 1.54) is 0 Å².